The van der Waals surface area contributed by atoms with Crippen molar-refractivity contribution in [1.82, 2.24) is 20.0 Å². The van der Waals surface area contributed by atoms with Gasteiger partial charge in [-0.3, -0.25) is 4.90 Å². The SMILES string of the molecule is CN(Cc1cnc(N2CCOCC2)nc1)Cc1cc(C2CC2)on1. The fourth-order valence-corrected chi connectivity index (χ4v) is 2.96. The number of morpholine rings is 1. The van der Waals surface area contributed by atoms with Crippen LogP contribution in [0.1, 0.15) is 35.8 Å². The molecule has 1 aliphatic carbocycles. The van der Waals surface area contributed by atoms with E-state index in [4.69, 9.17) is 9.26 Å². The number of ether oxygens (including phenoxy) is 1. The Hall–Kier alpha value is -1.99. The van der Waals surface area contributed by atoms with Crippen molar-refractivity contribution in [2.75, 3.05) is 38.3 Å². The van der Waals surface area contributed by atoms with Crippen LogP contribution < -0.4 is 4.90 Å². The van der Waals surface area contributed by atoms with E-state index < -0.39 is 0 Å². The van der Waals surface area contributed by atoms with Crippen LogP contribution in [0.25, 0.3) is 0 Å². The van der Waals surface area contributed by atoms with Crippen molar-refractivity contribution < 1.29 is 9.26 Å². The third-order valence-electron chi connectivity index (χ3n) is 4.43. The Balaban J connectivity index is 1.32. The van der Waals surface area contributed by atoms with E-state index in [1.165, 1.54) is 12.8 Å². The number of rotatable bonds is 6. The molecule has 1 aliphatic heterocycles. The van der Waals surface area contributed by atoms with Gasteiger partial charge in [0.1, 0.15) is 5.76 Å². The second-order valence-corrected chi connectivity index (χ2v) is 6.66. The zero-order chi connectivity index (χ0) is 16.4. The lowest BCUT2D eigenvalue weighted by molar-refractivity contribution is 0.122. The number of aromatic nitrogens is 3. The molecule has 3 heterocycles. The van der Waals surface area contributed by atoms with Crippen LogP contribution in [0.15, 0.2) is 23.0 Å². The van der Waals surface area contributed by atoms with Crippen molar-refractivity contribution in [2.24, 2.45) is 0 Å². The number of hydrogen-bond acceptors (Lipinski definition) is 7. The van der Waals surface area contributed by atoms with Gasteiger partial charge in [-0.25, -0.2) is 9.97 Å². The summed E-state index contributed by atoms with van der Waals surface area (Å²) in [4.78, 5) is 13.3. The zero-order valence-corrected chi connectivity index (χ0v) is 14.0. The standard InChI is InChI=1S/C17H23N5O2/c1-21(12-15-8-16(24-20-15)14-2-3-14)11-13-9-18-17(19-10-13)22-4-6-23-7-5-22/h8-10,14H,2-7,11-12H2,1H3. The molecule has 2 aliphatic rings. The van der Waals surface area contributed by atoms with Crippen LogP contribution in [0.5, 0.6) is 0 Å². The Bertz CT molecular complexity index is 662. The third-order valence-corrected chi connectivity index (χ3v) is 4.43. The summed E-state index contributed by atoms with van der Waals surface area (Å²) in [5.74, 6) is 2.43. The van der Waals surface area contributed by atoms with E-state index in [1.54, 1.807) is 0 Å². The minimum Gasteiger partial charge on any atom is -0.378 e. The molecule has 0 aromatic carbocycles. The van der Waals surface area contributed by atoms with Gasteiger partial charge in [-0.05, 0) is 19.9 Å². The molecule has 24 heavy (non-hydrogen) atoms. The fourth-order valence-electron chi connectivity index (χ4n) is 2.96. The maximum atomic E-state index is 5.41. The summed E-state index contributed by atoms with van der Waals surface area (Å²) in [5, 5.41) is 4.17. The Morgan fingerprint density at radius 3 is 2.62 bits per heavy atom. The smallest absolute Gasteiger partial charge is 0.225 e. The molecule has 2 aromatic rings. The van der Waals surface area contributed by atoms with Crippen LogP contribution in [0.2, 0.25) is 0 Å². The highest BCUT2D eigenvalue weighted by atomic mass is 16.5. The molecule has 0 radical (unpaired) electrons. The van der Waals surface area contributed by atoms with Crippen molar-refractivity contribution in [3.8, 4) is 0 Å². The van der Waals surface area contributed by atoms with Crippen LogP contribution in [-0.4, -0.2) is 53.4 Å². The predicted molar refractivity (Wildman–Crippen MR) is 88.7 cm³/mol. The molecule has 2 fully saturated rings. The maximum absolute atomic E-state index is 5.41. The largest absolute Gasteiger partial charge is 0.378 e. The van der Waals surface area contributed by atoms with Gasteiger partial charge in [-0.15, -0.1) is 0 Å². The summed E-state index contributed by atoms with van der Waals surface area (Å²) in [6.07, 6.45) is 6.29. The molecule has 0 bridgehead atoms. The van der Waals surface area contributed by atoms with E-state index in [2.05, 4.69) is 38.0 Å². The Morgan fingerprint density at radius 2 is 1.92 bits per heavy atom. The third kappa shape index (κ3) is 3.73. The molecule has 0 spiro atoms. The first-order chi connectivity index (χ1) is 11.8. The molecule has 7 heteroatoms. The second kappa shape index (κ2) is 6.86. The van der Waals surface area contributed by atoms with Crippen molar-refractivity contribution in [2.45, 2.75) is 31.8 Å². The summed E-state index contributed by atoms with van der Waals surface area (Å²) in [6.45, 7) is 4.75. The lowest BCUT2D eigenvalue weighted by Gasteiger charge is -2.26. The molecule has 7 nitrogen and oxygen atoms in total. The van der Waals surface area contributed by atoms with E-state index >= 15 is 0 Å². The lowest BCUT2D eigenvalue weighted by Crippen LogP contribution is -2.37. The van der Waals surface area contributed by atoms with Crippen molar-refractivity contribution in [1.29, 1.82) is 0 Å². The van der Waals surface area contributed by atoms with E-state index in [-0.39, 0.29) is 0 Å². The minimum atomic E-state index is 0.609. The average molecular weight is 329 g/mol. The zero-order valence-electron chi connectivity index (χ0n) is 14.0. The topological polar surface area (TPSA) is 67.5 Å². The van der Waals surface area contributed by atoms with Gasteiger partial charge in [0.15, 0.2) is 0 Å². The van der Waals surface area contributed by atoms with Crippen molar-refractivity contribution in [3.05, 3.63) is 35.5 Å². The van der Waals surface area contributed by atoms with Crippen LogP contribution in [0.3, 0.4) is 0 Å². The van der Waals surface area contributed by atoms with Gasteiger partial charge in [-0.2, -0.15) is 0 Å². The number of hydrogen-bond donors (Lipinski definition) is 0. The van der Waals surface area contributed by atoms with Crippen molar-refractivity contribution >= 4 is 5.95 Å². The van der Waals surface area contributed by atoms with Gasteiger partial charge in [0, 0.05) is 56.1 Å². The highest BCUT2D eigenvalue weighted by Gasteiger charge is 2.27. The Kier molecular flexibility index (Phi) is 4.44. The number of nitrogens with zero attached hydrogens (tertiary/aromatic N) is 5. The highest BCUT2D eigenvalue weighted by Crippen LogP contribution is 2.40. The van der Waals surface area contributed by atoms with E-state index in [0.29, 0.717) is 5.92 Å². The quantitative estimate of drug-likeness (QED) is 0.800. The summed E-state index contributed by atoms with van der Waals surface area (Å²) >= 11 is 0. The van der Waals surface area contributed by atoms with E-state index in [9.17, 15) is 0 Å². The van der Waals surface area contributed by atoms with Crippen LogP contribution in [0.4, 0.5) is 5.95 Å². The normalized spacial score (nSPS) is 18.3. The van der Waals surface area contributed by atoms with Crippen LogP contribution >= 0.6 is 0 Å². The van der Waals surface area contributed by atoms with Gasteiger partial charge >= 0.3 is 0 Å². The van der Waals surface area contributed by atoms with Crippen LogP contribution in [-0.2, 0) is 17.8 Å². The highest BCUT2D eigenvalue weighted by molar-refractivity contribution is 5.30. The first kappa shape index (κ1) is 15.5. The molecular formula is C17H23N5O2. The molecule has 1 saturated carbocycles. The molecule has 0 atom stereocenters. The predicted octanol–water partition coefficient (Wildman–Crippen LogP) is 1.81. The summed E-state index contributed by atoms with van der Waals surface area (Å²) in [7, 11) is 2.07. The first-order valence-electron chi connectivity index (χ1n) is 8.55. The summed E-state index contributed by atoms with van der Waals surface area (Å²) < 4.78 is 10.8. The summed E-state index contributed by atoms with van der Waals surface area (Å²) in [5.41, 5.74) is 2.09. The van der Waals surface area contributed by atoms with E-state index in [0.717, 1.165) is 62.4 Å². The molecule has 1 saturated heterocycles. The van der Waals surface area contributed by atoms with E-state index in [1.807, 2.05) is 12.4 Å². The Labute approximate surface area is 141 Å². The van der Waals surface area contributed by atoms with Gasteiger partial charge in [0.2, 0.25) is 5.95 Å². The molecule has 0 amide bonds. The monoisotopic (exact) mass is 329 g/mol. The summed E-state index contributed by atoms with van der Waals surface area (Å²) in [6, 6.07) is 2.09. The fraction of sp³-hybridized carbons (Fsp3) is 0.588. The second-order valence-electron chi connectivity index (χ2n) is 6.66. The van der Waals surface area contributed by atoms with Gasteiger partial charge in [-0.1, -0.05) is 5.16 Å². The molecule has 2 aromatic heterocycles. The van der Waals surface area contributed by atoms with Gasteiger partial charge < -0.3 is 14.2 Å². The number of anilines is 1. The molecule has 128 valence electrons. The van der Waals surface area contributed by atoms with Crippen LogP contribution in [0, 0.1) is 0 Å². The molecule has 4 rings (SSSR count). The maximum Gasteiger partial charge on any atom is 0.225 e. The lowest BCUT2D eigenvalue weighted by atomic mass is 10.2. The van der Waals surface area contributed by atoms with Gasteiger partial charge in [0.25, 0.3) is 0 Å². The Morgan fingerprint density at radius 1 is 1.17 bits per heavy atom. The molecule has 0 N–H and O–H groups in total. The minimum absolute atomic E-state index is 0.609. The molecule has 0 unspecified atom stereocenters. The molecular weight excluding hydrogens is 306 g/mol. The van der Waals surface area contributed by atoms with Crippen molar-refractivity contribution in [3.63, 3.8) is 0 Å². The van der Waals surface area contributed by atoms with Gasteiger partial charge in [0.05, 0.1) is 18.9 Å². The average Bonchev–Trinajstić information content (AvgIpc) is 3.36. The first-order valence-corrected chi connectivity index (χ1v) is 8.55.